The Morgan fingerprint density at radius 3 is 2.85 bits per heavy atom. The number of hydrogen-bond acceptors (Lipinski definition) is 2. The highest BCUT2D eigenvalue weighted by atomic mass is 14.8. The zero-order chi connectivity index (χ0) is 9.26. The van der Waals surface area contributed by atoms with Crippen LogP contribution >= 0.6 is 0 Å². The Bertz CT molecular complexity index is 435. The Morgan fingerprint density at radius 2 is 2.08 bits per heavy atom. The van der Waals surface area contributed by atoms with Crippen LogP contribution < -0.4 is 5.73 Å². The molecule has 0 fully saturated rings. The Balaban J connectivity index is 2.81. The fourth-order valence-corrected chi connectivity index (χ4v) is 1.56. The lowest BCUT2D eigenvalue weighted by Gasteiger charge is -2.04. The van der Waals surface area contributed by atoms with Gasteiger partial charge in [0.25, 0.3) is 0 Å². The van der Waals surface area contributed by atoms with E-state index in [-0.39, 0.29) is 0 Å². The standard InChI is InChI=1S/C11H12N2/c1-2-10-9-6-4-3-5-8(9)7-11(12)13-10/h3-7H,2H2,1H3,(H2,12,13). The molecule has 0 atom stereocenters. The second-order valence-corrected chi connectivity index (χ2v) is 3.07. The fourth-order valence-electron chi connectivity index (χ4n) is 1.56. The van der Waals surface area contributed by atoms with Crippen LogP contribution in [-0.4, -0.2) is 4.98 Å². The first-order valence-corrected chi connectivity index (χ1v) is 4.45. The smallest absolute Gasteiger partial charge is 0.124 e. The molecule has 0 unspecified atom stereocenters. The van der Waals surface area contributed by atoms with Gasteiger partial charge in [0.2, 0.25) is 0 Å². The largest absolute Gasteiger partial charge is 0.384 e. The zero-order valence-corrected chi connectivity index (χ0v) is 7.62. The molecule has 1 heterocycles. The molecule has 0 saturated carbocycles. The molecule has 13 heavy (non-hydrogen) atoms. The molecule has 66 valence electrons. The van der Waals surface area contributed by atoms with Crippen LogP contribution in [0.5, 0.6) is 0 Å². The molecule has 0 aliphatic heterocycles. The average molecular weight is 172 g/mol. The lowest BCUT2D eigenvalue weighted by atomic mass is 10.1. The molecule has 2 heteroatoms. The van der Waals surface area contributed by atoms with Gasteiger partial charge in [0.05, 0.1) is 5.69 Å². The fraction of sp³-hybridized carbons (Fsp3) is 0.182. The second-order valence-electron chi connectivity index (χ2n) is 3.07. The summed E-state index contributed by atoms with van der Waals surface area (Å²) in [7, 11) is 0. The summed E-state index contributed by atoms with van der Waals surface area (Å²) in [6.45, 7) is 2.09. The number of rotatable bonds is 1. The predicted molar refractivity (Wildman–Crippen MR) is 55.5 cm³/mol. The van der Waals surface area contributed by atoms with Gasteiger partial charge in [-0.15, -0.1) is 0 Å². The summed E-state index contributed by atoms with van der Waals surface area (Å²) in [5.74, 6) is 0.607. The van der Waals surface area contributed by atoms with Crippen LogP contribution in [0.2, 0.25) is 0 Å². The number of anilines is 1. The highest BCUT2D eigenvalue weighted by Crippen LogP contribution is 2.19. The van der Waals surface area contributed by atoms with Crippen LogP contribution in [-0.2, 0) is 6.42 Å². The van der Waals surface area contributed by atoms with Crippen molar-refractivity contribution >= 4 is 16.6 Å². The molecular weight excluding hydrogens is 160 g/mol. The summed E-state index contributed by atoms with van der Waals surface area (Å²) < 4.78 is 0. The van der Waals surface area contributed by atoms with E-state index in [4.69, 9.17) is 5.73 Å². The highest BCUT2D eigenvalue weighted by Gasteiger charge is 2.00. The molecule has 2 nitrogen and oxygen atoms in total. The summed E-state index contributed by atoms with van der Waals surface area (Å²) in [4.78, 5) is 4.30. The number of pyridine rings is 1. The minimum atomic E-state index is 0.607. The molecule has 2 aromatic rings. The van der Waals surface area contributed by atoms with Crippen LogP contribution in [0.4, 0.5) is 5.82 Å². The van der Waals surface area contributed by atoms with Gasteiger partial charge in [0.15, 0.2) is 0 Å². The van der Waals surface area contributed by atoms with Gasteiger partial charge in [0, 0.05) is 5.39 Å². The number of nitrogens with two attached hydrogens (primary N) is 1. The maximum absolute atomic E-state index is 5.69. The molecule has 0 saturated heterocycles. The van der Waals surface area contributed by atoms with E-state index in [2.05, 4.69) is 24.0 Å². The number of hydrogen-bond donors (Lipinski definition) is 1. The van der Waals surface area contributed by atoms with E-state index in [1.165, 1.54) is 10.8 Å². The molecule has 0 bridgehead atoms. The summed E-state index contributed by atoms with van der Waals surface area (Å²) in [5.41, 5.74) is 6.77. The molecule has 0 aliphatic rings. The number of fused-ring (bicyclic) bond motifs is 1. The van der Waals surface area contributed by atoms with Crippen LogP contribution in [0.1, 0.15) is 12.6 Å². The second kappa shape index (κ2) is 3.05. The highest BCUT2D eigenvalue weighted by molar-refractivity contribution is 5.86. The molecule has 0 spiro atoms. The first kappa shape index (κ1) is 8.05. The molecule has 0 aliphatic carbocycles. The van der Waals surface area contributed by atoms with Crippen molar-refractivity contribution in [2.75, 3.05) is 5.73 Å². The minimum absolute atomic E-state index is 0.607. The molecule has 2 N–H and O–H groups in total. The number of nitrogen functional groups attached to an aromatic ring is 1. The van der Waals surface area contributed by atoms with E-state index in [0.29, 0.717) is 5.82 Å². The number of aromatic nitrogens is 1. The molecule has 2 rings (SSSR count). The normalized spacial score (nSPS) is 10.5. The third-order valence-corrected chi connectivity index (χ3v) is 2.17. The van der Waals surface area contributed by atoms with Crippen molar-refractivity contribution in [1.82, 2.24) is 4.98 Å². The van der Waals surface area contributed by atoms with E-state index in [9.17, 15) is 0 Å². The maximum Gasteiger partial charge on any atom is 0.124 e. The van der Waals surface area contributed by atoms with Gasteiger partial charge in [-0.05, 0) is 17.9 Å². The lowest BCUT2D eigenvalue weighted by molar-refractivity contribution is 1.06. The maximum atomic E-state index is 5.69. The van der Waals surface area contributed by atoms with Crippen molar-refractivity contribution in [3.05, 3.63) is 36.0 Å². The SMILES string of the molecule is CCc1nc(N)cc2ccccc12. The van der Waals surface area contributed by atoms with Gasteiger partial charge in [-0.25, -0.2) is 4.98 Å². The van der Waals surface area contributed by atoms with Crippen LogP contribution in [0.3, 0.4) is 0 Å². The summed E-state index contributed by atoms with van der Waals surface area (Å²) in [5, 5.41) is 2.38. The lowest BCUT2D eigenvalue weighted by Crippen LogP contribution is -1.95. The topological polar surface area (TPSA) is 38.9 Å². The average Bonchev–Trinajstić information content (AvgIpc) is 2.16. The van der Waals surface area contributed by atoms with Gasteiger partial charge >= 0.3 is 0 Å². The molecule has 1 aromatic carbocycles. The Hall–Kier alpha value is -1.57. The van der Waals surface area contributed by atoms with Crippen molar-refractivity contribution < 1.29 is 0 Å². The summed E-state index contributed by atoms with van der Waals surface area (Å²) in [6.07, 6.45) is 0.922. The number of aryl methyl sites for hydroxylation is 1. The summed E-state index contributed by atoms with van der Waals surface area (Å²) >= 11 is 0. The molecule has 0 radical (unpaired) electrons. The van der Waals surface area contributed by atoms with E-state index in [1.54, 1.807) is 0 Å². The van der Waals surface area contributed by atoms with Crippen LogP contribution in [0, 0.1) is 0 Å². The van der Waals surface area contributed by atoms with Crippen molar-refractivity contribution in [1.29, 1.82) is 0 Å². The number of nitrogens with zero attached hydrogens (tertiary/aromatic N) is 1. The Labute approximate surface area is 77.4 Å². The minimum Gasteiger partial charge on any atom is -0.384 e. The van der Waals surface area contributed by atoms with Gasteiger partial charge in [-0.1, -0.05) is 31.2 Å². The third kappa shape index (κ3) is 1.35. The first-order chi connectivity index (χ1) is 6.31. The van der Waals surface area contributed by atoms with E-state index in [0.717, 1.165) is 12.1 Å². The molecule has 0 amide bonds. The van der Waals surface area contributed by atoms with Crippen molar-refractivity contribution in [2.24, 2.45) is 0 Å². The van der Waals surface area contributed by atoms with Crippen molar-refractivity contribution in [3.63, 3.8) is 0 Å². The Morgan fingerprint density at radius 1 is 1.31 bits per heavy atom. The Kier molecular flexibility index (Phi) is 1.89. The predicted octanol–water partition coefficient (Wildman–Crippen LogP) is 2.38. The van der Waals surface area contributed by atoms with Crippen LogP contribution in [0.25, 0.3) is 10.8 Å². The zero-order valence-electron chi connectivity index (χ0n) is 7.62. The molecular formula is C11H12N2. The van der Waals surface area contributed by atoms with Gasteiger partial charge < -0.3 is 5.73 Å². The van der Waals surface area contributed by atoms with E-state index >= 15 is 0 Å². The van der Waals surface area contributed by atoms with Crippen molar-refractivity contribution in [2.45, 2.75) is 13.3 Å². The van der Waals surface area contributed by atoms with Crippen LogP contribution in [0.15, 0.2) is 30.3 Å². The van der Waals surface area contributed by atoms with E-state index in [1.807, 2.05) is 18.2 Å². The summed E-state index contributed by atoms with van der Waals surface area (Å²) in [6, 6.07) is 10.1. The van der Waals surface area contributed by atoms with E-state index < -0.39 is 0 Å². The van der Waals surface area contributed by atoms with Crippen molar-refractivity contribution in [3.8, 4) is 0 Å². The molecule has 1 aromatic heterocycles. The quantitative estimate of drug-likeness (QED) is 0.717. The first-order valence-electron chi connectivity index (χ1n) is 4.45. The van der Waals surface area contributed by atoms with Gasteiger partial charge in [-0.2, -0.15) is 0 Å². The van der Waals surface area contributed by atoms with Gasteiger partial charge in [-0.3, -0.25) is 0 Å². The van der Waals surface area contributed by atoms with Gasteiger partial charge in [0.1, 0.15) is 5.82 Å². The third-order valence-electron chi connectivity index (χ3n) is 2.17. The monoisotopic (exact) mass is 172 g/mol. The number of benzene rings is 1.